The number of rotatable bonds is 3. The zero-order valence-corrected chi connectivity index (χ0v) is 12.0. The molecule has 104 valence electrons. The van der Waals surface area contributed by atoms with Crippen LogP contribution in [0.25, 0.3) is 10.6 Å². The predicted octanol–water partition coefficient (Wildman–Crippen LogP) is 2.81. The van der Waals surface area contributed by atoms with Crippen LogP contribution in [0.15, 0.2) is 18.2 Å². The zero-order chi connectivity index (χ0) is 14.1. The highest BCUT2D eigenvalue weighted by Crippen LogP contribution is 2.29. The van der Waals surface area contributed by atoms with Crippen molar-refractivity contribution in [3.63, 3.8) is 0 Å². The third-order valence-electron chi connectivity index (χ3n) is 3.30. The fourth-order valence-electron chi connectivity index (χ4n) is 2.33. The van der Waals surface area contributed by atoms with Crippen molar-refractivity contribution in [2.24, 2.45) is 0 Å². The predicted molar refractivity (Wildman–Crippen MR) is 78.5 cm³/mol. The molecule has 1 aliphatic heterocycles. The Morgan fingerprint density at radius 1 is 1.30 bits per heavy atom. The number of aromatic nitrogens is 2. The lowest BCUT2D eigenvalue weighted by Crippen LogP contribution is -2.20. The Kier molecular flexibility index (Phi) is 3.40. The first-order chi connectivity index (χ1) is 9.63. The van der Waals surface area contributed by atoms with Crippen LogP contribution in [0, 0.1) is 6.92 Å². The van der Waals surface area contributed by atoms with E-state index in [1.165, 1.54) is 24.2 Å². The number of carboxylic acid groups (broad SMARTS) is 1. The second-order valence-electron chi connectivity index (χ2n) is 4.86. The number of carboxylic acids is 1. The quantitative estimate of drug-likeness (QED) is 0.941. The molecule has 0 spiro atoms. The molecule has 1 fully saturated rings. The first-order valence-corrected chi connectivity index (χ1v) is 7.39. The summed E-state index contributed by atoms with van der Waals surface area (Å²) in [6.07, 6.45) is 2.35. The van der Waals surface area contributed by atoms with Crippen LogP contribution in [0.2, 0.25) is 0 Å². The second kappa shape index (κ2) is 5.20. The van der Waals surface area contributed by atoms with Gasteiger partial charge < -0.3 is 10.0 Å². The van der Waals surface area contributed by atoms with Crippen LogP contribution in [0.3, 0.4) is 0 Å². The maximum absolute atomic E-state index is 11.0. The normalized spacial score (nSPS) is 14.8. The highest BCUT2D eigenvalue weighted by atomic mass is 32.1. The van der Waals surface area contributed by atoms with Gasteiger partial charge in [-0.1, -0.05) is 0 Å². The molecule has 0 unspecified atom stereocenters. The Labute approximate surface area is 120 Å². The summed E-state index contributed by atoms with van der Waals surface area (Å²) in [5.41, 5.74) is 1.71. The van der Waals surface area contributed by atoms with Crippen LogP contribution >= 0.6 is 11.3 Å². The van der Waals surface area contributed by atoms with Gasteiger partial charge in [0.1, 0.15) is 4.88 Å². The van der Waals surface area contributed by atoms with E-state index >= 15 is 0 Å². The van der Waals surface area contributed by atoms with Gasteiger partial charge in [0.15, 0.2) is 0 Å². The summed E-state index contributed by atoms with van der Waals surface area (Å²) >= 11 is 1.25. The minimum absolute atomic E-state index is 0.332. The molecule has 2 aromatic heterocycles. The molecule has 0 radical (unpaired) electrons. The van der Waals surface area contributed by atoms with Crippen LogP contribution in [0.1, 0.15) is 28.2 Å². The molecule has 0 aromatic carbocycles. The zero-order valence-electron chi connectivity index (χ0n) is 11.2. The van der Waals surface area contributed by atoms with Gasteiger partial charge >= 0.3 is 5.97 Å². The molecule has 6 heteroatoms. The molecule has 20 heavy (non-hydrogen) atoms. The van der Waals surface area contributed by atoms with E-state index in [4.69, 9.17) is 5.11 Å². The van der Waals surface area contributed by atoms with Gasteiger partial charge in [0, 0.05) is 18.8 Å². The molecule has 0 bridgehead atoms. The lowest BCUT2D eigenvalue weighted by molar-refractivity contribution is 0.0702. The molecule has 1 saturated heterocycles. The van der Waals surface area contributed by atoms with Gasteiger partial charge in [-0.15, -0.1) is 11.3 Å². The minimum Gasteiger partial charge on any atom is -0.477 e. The molecule has 1 aliphatic rings. The molecule has 3 rings (SSSR count). The molecule has 1 N–H and O–H groups in total. The molecular formula is C14H15N3O2S. The summed E-state index contributed by atoms with van der Waals surface area (Å²) < 4.78 is 0. The van der Waals surface area contributed by atoms with E-state index in [2.05, 4.69) is 14.9 Å². The number of aryl methyl sites for hydroxylation is 1. The number of nitrogens with zero attached hydrogens (tertiary/aromatic N) is 3. The maximum Gasteiger partial charge on any atom is 0.345 e. The van der Waals surface area contributed by atoms with Crippen molar-refractivity contribution in [3.8, 4) is 10.6 Å². The van der Waals surface area contributed by atoms with E-state index in [0.717, 1.165) is 35.3 Å². The van der Waals surface area contributed by atoms with Crippen LogP contribution in [-0.4, -0.2) is 34.1 Å². The van der Waals surface area contributed by atoms with Crippen molar-refractivity contribution in [3.05, 3.63) is 28.8 Å². The summed E-state index contributed by atoms with van der Waals surface area (Å²) in [6.45, 7) is 3.93. The highest BCUT2D eigenvalue weighted by molar-refractivity contribution is 7.17. The maximum atomic E-state index is 11.0. The van der Waals surface area contributed by atoms with Crippen molar-refractivity contribution in [1.82, 2.24) is 9.97 Å². The Balaban J connectivity index is 1.97. The molecule has 0 atom stereocenters. The summed E-state index contributed by atoms with van der Waals surface area (Å²) in [5.74, 6) is -0.144. The van der Waals surface area contributed by atoms with Crippen molar-refractivity contribution in [2.45, 2.75) is 19.8 Å². The summed E-state index contributed by atoms with van der Waals surface area (Å²) in [4.78, 5) is 23.4. The highest BCUT2D eigenvalue weighted by Gasteiger charge is 2.17. The fourth-order valence-corrected chi connectivity index (χ4v) is 3.13. The van der Waals surface area contributed by atoms with E-state index < -0.39 is 5.97 Å². The van der Waals surface area contributed by atoms with E-state index in [1.807, 2.05) is 19.1 Å². The topological polar surface area (TPSA) is 66.3 Å². The van der Waals surface area contributed by atoms with E-state index in [1.54, 1.807) is 6.07 Å². The molecule has 0 saturated carbocycles. The molecule has 5 nitrogen and oxygen atoms in total. The largest absolute Gasteiger partial charge is 0.477 e. The average Bonchev–Trinajstić information content (AvgIpc) is 3.10. The van der Waals surface area contributed by atoms with E-state index in [-0.39, 0.29) is 0 Å². The van der Waals surface area contributed by atoms with Crippen LogP contribution in [0.4, 0.5) is 5.95 Å². The lowest BCUT2D eigenvalue weighted by Gasteiger charge is -2.16. The van der Waals surface area contributed by atoms with Crippen molar-refractivity contribution in [1.29, 1.82) is 0 Å². The Morgan fingerprint density at radius 3 is 2.70 bits per heavy atom. The van der Waals surface area contributed by atoms with Gasteiger partial charge in [0.05, 0.1) is 10.6 Å². The van der Waals surface area contributed by atoms with Crippen molar-refractivity contribution in [2.75, 3.05) is 18.0 Å². The van der Waals surface area contributed by atoms with Gasteiger partial charge in [0.2, 0.25) is 5.95 Å². The number of hydrogen-bond donors (Lipinski definition) is 1. The molecule has 0 amide bonds. The summed E-state index contributed by atoms with van der Waals surface area (Å²) in [6, 6.07) is 5.33. The van der Waals surface area contributed by atoms with E-state index in [9.17, 15) is 4.79 Å². The van der Waals surface area contributed by atoms with Crippen LogP contribution in [-0.2, 0) is 0 Å². The van der Waals surface area contributed by atoms with Crippen LogP contribution in [0.5, 0.6) is 0 Å². The molecule has 3 heterocycles. The first-order valence-electron chi connectivity index (χ1n) is 6.57. The SMILES string of the molecule is Cc1cc(-c2ccc(C(=O)O)s2)nc(N2CCCC2)n1. The van der Waals surface area contributed by atoms with Gasteiger partial charge in [-0.3, -0.25) is 0 Å². The lowest BCUT2D eigenvalue weighted by atomic mass is 10.3. The van der Waals surface area contributed by atoms with Gasteiger partial charge in [-0.2, -0.15) is 0 Å². The standard InChI is InChI=1S/C14H15N3O2S/c1-9-8-10(11-4-5-12(20-11)13(18)19)16-14(15-9)17-6-2-3-7-17/h4-5,8H,2-3,6-7H2,1H3,(H,18,19). The number of anilines is 1. The Morgan fingerprint density at radius 2 is 2.05 bits per heavy atom. The summed E-state index contributed by atoms with van der Waals surface area (Å²) in [7, 11) is 0. The smallest absolute Gasteiger partial charge is 0.345 e. The Bertz CT molecular complexity index is 648. The van der Waals surface area contributed by atoms with Crippen molar-refractivity contribution >= 4 is 23.3 Å². The Hall–Kier alpha value is -1.95. The van der Waals surface area contributed by atoms with Crippen LogP contribution < -0.4 is 4.90 Å². The van der Waals surface area contributed by atoms with Gasteiger partial charge in [-0.25, -0.2) is 14.8 Å². The second-order valence-corrected chi connectivity index (χ2v) is 5.94. The van der Waals surface area contributed by atoms with E-state index in [0.29, 0.717) is 4.88 Å². The molecule has 0 aliphatic carbocycles. The number of carbonyl (C=O) groups is 1. The number of hydrogen-bond acceptors (Lipinski definition) is 5. The van der Waals surface area contributed by atoms with Gasteiger partial charge in [-0.05, 0) is 38.0 Å². The summed E-state index contributed by atoms with van der Waals surface area (Å²) in [5, 5.41) is 9.00. The first kappa shape index (κ1) is 13.1. The monoisotopic (exact) mass is 289 g/mol. The fraction of sp³-hybridized carbons (Fsp3) is 0.357. The third-order valence-corrected chi connectivity index (χ3v) is 4.40. The minimum atomic E-state index is -0.896. The molecular weight excluding hydrogens is 274 g/mol. The van der Waals surface area contributed by atoms with Gasteiger partial charge in [0.25, 0.3) is 0 Å². The average molecular weight is 289 g/mol. The van der Waals surface area contributed by atoms with Crippen molar-refractivity contribution < 1.29 is 9.90 Å². The number of aromatic carboxylic acids is 1. The number of thiophene rings is 1. The molecule has 2 aromatic rings. The third kappa shape index (κ3) is 2.51.